The Morgan fingerprint density at radius 3 is 2.62 bits per heavy atom. The minimum absolute atomic E-state index is 0. The summed E-state index contributed by atoms with van der Waals surface area (Å²) in [6.07, 6.45) is 1.65. The number of piperazine rings is 1. The van der Waals surface area contributed by atoms with Gasteiger partial charge in [0.1, 0.15) is 11.6 Å². The van der Waals surface area contributed by atoms with Crippen molar-refractivity contribution in [1.29, 1.82) is 0 Å². The Labute approximate surface area is 130 Å². The monoisotopic (exact) mass is 310 g/mol. The average Bonchev–Trinajstić information content (AvgIpc) is 2.97. The number of nitrogens with one attached hydrogen (secondary N) is 1. The van der Waals surface area contributed by atoms with Crippen molar-refractivity contribution in [2.24, 2.45) is 0 Å². The smallest absolute Gasteiger partial charge is 0.128 e. The van der Waals surface area contributed by atoms with Gasteiger partial charge in [0, 0.05) is 31.7 Å². The number of aryl methyl sites for hydroxylation is 1. The van der Waals surface area contributed by atoms with Crippen LogP contribution in [0.15, 0.2) is 41.0 Å². The summed E-state index contributed by atoms with van der Waals surface area (Å²) in [6.45, 7) is 5.52. The van der Waals surface area contributed by atoms with Crippen LogP contribution >= 0.6 is 12.4 Å². The summed E-state index contributed by atoms with van der Waals surface area (Å²) >= 11 is 0. The molecule has 0 unspecified atom stereocenters. The Balaban J connectivity index is 0.00000161. The Morgan fingerprint density at radius 2 is 2.00 bits per heavy atom. The minimum Gasteiger partial charge on any atom is -0.467 e. The largest absolute Gasteiger partial charge is 0.467 e. The normalized spacial score (nSPS) is 17.2. The van der Waals surface area contributed by atoms with Crippen molar-refractivity contribution in [1.82, 2.24) is 10.2 Å². The van der Waals surface area contributed by atoms with E-state index in [4.69, 9.17) is 4.42 Å². The first-order valence-electron chi connectivity index (χ1n) is 7.00. The first-order chi connectivity index (χ1) is 9.75. The van der Waals surface area contributed by atoms with Gasteiger partial charge in [-0.1, -0.05) is 12.1 Å². The third-order valence-electron chi connectivity index (χ3n) is 3.78. The average molecular weight is 311 g/mol. The van der Waals surface area contributed by atoms with E-state index >= 15 is 0 Å². The fourth-order valence-electron chi connectivity index (χ4n) is 2.77. The summed E-state index contributed by atoms with van der Waals surface area (Å²) in [5.74, 6) is 0.639. The molecule has 3 nitrogen and oxygen atoms in total. The third-order valence-corrected chi connectivity index (χ3v) is 3.78. The van der Waals surface area contributed by atoms with Crippen LogP contribution in [0.3, 0.4) is 0 Å². The molecule has 1 aliphatic heterocycles. The topological polar surface area (TPSA) is 28.4 Å². The van der Waals surface area contributed by atoms with Crippen LogP contribution in [0.5, 0.6) is 0 Å². The molecule has 1 fully saturated rings. The maximum atomic E-state index is 14.4. The number of benzene rings is 1. The van der Waals surface area contributed by atoms with Crippen LogP contribution in [0.2, 0.25) is 0 Å². The summed E-state index contributed by atoms with van der Waals surface area (Å²) in [7, 11) is 0. The molecule has 0 saturated carbocycles. The maximum absolute atomic E-state index is 14.4. The van der Waals surface area contributed by atoms with Crippen LogP contribution in [-0.2, 0) is 0 Å². The van der Waals surface area contributed by atoms with Gasteiger partial charge in [0.05, 0.1) is 12.3 Å². The van der Waals surface area contributed by atoms with Crippen LogP contribution in [0.1, 0.15) is 22.9 Å². The van der Waals surface area contributed by atoms with Gasteiger partial charge in [-0.25, -0.2) is 4.39 Å². The van der Waals surface area contributed by atoms with E-state index in [9.17, 15) is 4.39 Å². The summed E-state index contributed by atoms with van der Waals surface area (Å²) in [5.41, 5.74) is 1.62. The molecule has 3 rings (SSSR count). The molecule has 0 amide bonds. The molecule has 0 radical (unpaired) electrons. The number of nitrogens with zero attached hydrogens (tertiary/aromatic N) is 1. The molecule has 1 aliphatic rings. The third kappa shape index (κ3) is 3.46. The molecular formula is C16H20ClFN2O. The van der Waals surface area contributed by atoms with Gasteiger partial charge in [0.25, 0.3) is 0 Å². The molecule has 1 saturated heterocycles. The van der Waals surface area contributed by atoms with Gasteiger partial charge >= 0.3 is 0 Å². The zero-order valence-electron chi connectivity index (χ0n) is 12.0. The SMILES string of the molecule is Cc1ccc([C@@H](c2ccco2)N2CCNCC2)c(F)c1.Cl. The number of hydrogen-bond donors (Lipinski definition) is 1. The number of furan rings is 1. The summed E-state index contributed by atoms with van der Waals surface area (Å²) in [4.78, 5) is 2.27. The van der Waals surface area contributed by atoms with E-state index in [2.05, 4.69) is 10.2 Å². The summed E-state index contributed by atoms with van der Waals surface area (Å²) in [6, 6.07) is 9.06. The van der Waals surface area contributed by atoms with Gasteiger partial charge in [0.15, 0.2) is 0 Å². The van der Waals surface area contributed by atoms with Crippen LogP contribution in [0, 0.1) is 12.7 Å². The lowest BCUT2D eigenvalue weighted by atomic mass is 10.00. The van der Waals surface area contributed by atoms with Crippen molar-refractivity contribution in [2.75, 3.05) is 26.2 Å². The lowest BCUT2D eigenvalue weighted by Gasteiger charge is -2.34. The molecule has 1 aromatic heterocycles. The highest BCUT2D eigenvalue weighted by molar-refractivity contribution is 5.85. The Kier molecular flexibility index (Phi) is 5.39. The van der Waals surface area contributed by atoms with Crippen molar-refractivity contribution in [3.63, 3.8) is 0 Å². The maximum Gasteiger partial charge on any atom is 0.128 e. The standard InChI is InChI=1S/C16H19FN2O.ClH/c1-12-4-5-13(14(17)11-12)16(15-3-2-10-20-15)19-8-6-18-7-9-19;/h2-5,10-11,16,18H,6-9H2,1H3;1H/t16-;/m0./s1. The van der Waals surface area contributed by atoms with E-state index in [1.165, 1.54) is 0 Å². The minimum atomic E-state index is -0.162. The van der Waals surface area contributed by atoms with Gasteiger partial charge < -0.3 is 9.73 Å². The van der Waals surface area contributed by atoms with Crippen LogP contribution in [0.4, 0.5) is 4.39 Å². The van der Waals surface area contributed by atoms with Gasteiger partial charge in [-0.2, -0.15) is 0 Å². The van der Waals surface area contributed by atoms with Crippen LogP contribution < -0.4 is 5.32 Å². The highest BCUT2D eigenvalue weighted by Gasteiger charge is 2.28. The first kappa shape index (κ1) is 16.0. The molecule has 2 heterocycles. The van der Waals surface area contributed by atoms with Crippen molar-refractivity contribution < 1.29 is 8.81 Å². The number of halogens is 2. The predicted octanol–water partition coefficient (Wildman–Crippen LogP) is 3.14. The lowest BCUT2D eigenvalue weighted by molar-refractivity contribution is 0.177. The van der Waals surface area contributed by atoms with Crippen molar-refractivity contribution >= 4 is 12.4 Å². The van der Waals surface area contributed by atoms with E-state index in [1.54, 1.807) is 12.3 Å². The molecule has 21 heavy (non-hydrogen) atoms. The Hall–Kier alpha value is -1.36. The van der Waals surface area contributed by atoms with Crippen molar-refractivity contribution in [3.05, 3.63) is 59.3 Å². The first-order valence-corrected chi connectivity index (χ1v) is 7.00. The molecule has 5 heteroatoms. The highest BCUT2D eigenvalue weighted by Crippen LogP contribution is 2.31. The zero-order valence-corrected chi connectivity index (χ0v) is 12.8. The predicted molar refractivity (Wildman–Crippen MR) is 83.4 cm³/mol. The van der Waals surface area contributed by atoms with Gasteiger partial charge in [-0.05, 0) is 30.7 Å². The molecule has 1 aromatic carbocycles. The fourth-order valence-corrected chi connectivity index (χ4v) is 2.77. The van der Waals surface area contributed by atoms with Crippen LogP contribution in [-0.4, -0.2) is 31.1 Å². The quantitative estimate of drug-likeness (QED) is 0.944. The Bertz CT molecular complexity index is 568. The van der Waals surface area contributed by atoms with Gasteiger partial charge in [-0.15, -0.1) is 12.4 Å². The molecule has 114 valence electrons. The van der Waals surface area contributed by atoms with Crippen molar-refractivity contribution in [2.45, 2.75) is 13.0 Å². The molecule has 0 aliphatic carbocycles. The van der Waals surface area contributed by atoms with E-state index in [-0.39, 0.29) is 24.3 Å². The van der Waals surface area contributed by atoms with E-state index < -0.39 is 0 Å². The molecular weight excluding hydrogens is 291 g/mol. The molecule has 2 aromatic rings. The molecule has 0 spiro atoms. The second kappa shape index (κ2) is 7.07. The summed E-state index contributed by atoms with van der Waals surface area (Å²) in [5, 5.41) is 3.32. The van der Waals surface area contributed by atoms with Gasteiger partial charge in [0.2, 0.25) is 0 Å². The Morgan fingerprint density at radius 1 is 1.24 bits per heavy atom. The molecule has 1 atom stereocenters. The molecule has 0 bridgehead atoms. The second-order valence-corrected chi connectivity index (χ2v) is 5.23. The lowest BCUT2D eigenvalue weighted by Crippen LogP contribution is -2.45. The second-order valence-electron chi connectivity index (χ2n) is 5.23. The number of hydrogen-bond acceptors (Lipinski definition) is 3. The number of rotatable bonds is 3. The summed E-state index contributed by atoms with van der Waals surface area (Å²) < 4.78 is 19.9. The van der Waals surface area contributed by atoms with E-state index in [1.807, 2.05) is 31.2 Å². The highest BCUT2D eigenvalue weighted by atomic mass is 35.5. The van der Waals surface area contributed by atoms with Gasteiger partial charge in [-0.3, -0.25) is 4.90 Å². The fraction of sp³-hybridized carbons (Fsp3) is 0.375. The zero-order chi connectivity index (χ0) is 13.9. The molecule has 1 N–H and O–H groups in total. The van der Waals surface area contributed by atoms with E-state index in [0.29, 0.717) is 5.56 Å². The van der Waals surface area contributed by atoms with Crippen molar-refractivity contribution in [3.8, 4) is 0 Å². The van der Waals surface area contributed by atoms with Crippen LogP contribution in [0.25, 0.3) is 0 Å². The van der Waals surface area contributed by atoms with E-state index in [0.717, 1.165) is 37.5 Å².